The Labute approximate surface area is 212 Å². The Hall–Kier alpha value is -3.19. The molecule has 3 heterocycles. The number of carbonyl (C=O) groups excluding carboxylic acids is 1. The van der Waals surface area contributed by atoms with Crippen molar-refractivity contribution in [2.24, 2.45) is 0 Å². The van der Waals surface area contributed by atoms with Crippen LogP contribution in [0.25, 0.3) is 0 Å². The molecule has 35 heavy (non-hydrogen) atoms. The Kier molecular flexibility index (Phi) is 6.60. The van der Waals surface area contributed by atoms with Gasteiger partial charge in [-0.3, -0.25) is 9.78 Å². The fourth-order valence-electron chi connectivity index (χ4n) is 5.86. The smallest absolute Gasteiger partial charge is 0.221 e. The number of hydrogen-bond donors (Lipinski definition) is 2. The molecule has 1 aliphatic heterocycles. The maximum Gasteiger partial charge on any atom is 0.221 e. The summed E-state index contributed by atoms with van der Waals surface area (Å²) in [5.41, 5.74) is 6.63. The van der Waals surface area contributed by atoms with E-state index >= 15 is 0 Å². The number of nitrogens with one attached hydrogen (secondary N) is 2. The molecule has 2 aliphatic rings. The van der Waals surface area contributed by atoms with E-state index in [4.69, 9.17) is 17.2 Å². The van der Waals surface area contributed by atoms with Gasteiger partial charge in [0, 0.05) is 41.9 Å². The molecule has 182 valence electrons. The first-order chi connectivity index (χ1) is 16.9. The van der Waals surface area contributed by atoms with Crippen LogP contribution in [0.2, 0.25) is 0 Å². The van der Waals surface area contributed by atoms with Gasteiger partial charge < -0.3 is 20.1 Å². The fraction of sp³-hybridized carbons (Fsp3) is 0.393. The first-order valence-electron chi connectivity index (χ1n) is 12.5. The van der Waals surface area contributed by atoms with Crippen LogP contribution in [0.1, 0.15) is 79.8 Å². The van der Waals surface area contributed by atoms with Crippen LogP contribution >= 0.6 is 12.2 Å². The van der Waals surface area contributed by atoms with Crippen LogP contribution in [0.15, 0.2) is 54.7 Å². The lowest BCUT2D eigenvalue weighted by Gasteiger charge is -2.30. The summed E-state index contributed by atoms with van der Waals surface area (Å²) in [6.45, 7) is 6.00. The van der Waals surface area contributed by atoms with E-state index in [1.807, 2.05) is 42.6 Å². The van der Waals surface area contributed by atoms with Gasteiger partial charge in [0.05, 0.1) is 17.8 Å². The largest absolute Gasteiger partial charge is 0.351 e. The average Bonchev–Trinajstić information content (AvgIpc) is 3.35. The highest BCUT2D eigenvalue weighted by Gasteiger charge is 2.42. The van der Waals surface area contributed by atoms with E-state index in [0.717, 1.165) is 17.1 Å². The molecule has 7 heteroatoms. The van der Waals surface area contributed by atoms with E-state index in [0.29, 0.717) is 11.2 Å². The molecule has 2 N–H and O–H groups in total. The Morgan fingerprint density at radius 1 is 1.09 bits per heavy atom. The molecule has 1 aliphatic carbocycles. The second kappa shape index (κ2) is 9.82. The van der Waals surface area contributed by atoms with Gasteiger partial charge in [-0.05, 0) is 86.9 Å². The number of anilines is 2. The minimum atomic E-state index is -0.0839. The fourth-order valence-corrected chi connectivity index (χ4v) is 6.21. The van der Waals surface area contributed by atoms with Gasteiger partial charge in [0.15, 0.2) is 5.11 Å². The molecule has 0 radical (unpaired) electrons. The number of aromatic nitrogens is 2. The summed E-state index contributed by atoms with van der Waals surface area (Å²) in [5.74, 6) is -0.0839. The lowest BCUT2D eigenvalue weighted by molar-refractivity contribution is -0.114. The van der Waals surface area contributed by atoms with E-state index < -0.39 is 0 Å². The highest BCUT2D eigenvalue weighted by Crippen LogP contribution is 2.44. The number of pyridine rings is 1. The van der Waals surface area contributed by atoms with Crippen molar-refractivity contribution >= 4 is 34.6 Å². The molecule has 3 aromatic rings. The van der Waals surface area contributed by atoms with E-state index in [1.165, 1.54) is 56.0 Å². The predicted octanol–water partition coefficient (Wildman–Crippen LogP) is 6.14. The predicted molar refractivity (Wildman–Crippen MR) is 145 cm³/mol. The standard InChI is InChI=1S/C28H33N5OS/c1-18-17-24(19(2)32(18)22-9-5-4-6-10-22)27-26(25-11-7-8-16-29-25)31-28(35)33(27)23-14-12-21(13-15-23)30-20(3)34/h7-8,11-17,22,26-27H,4-6,9-10H2,1-3H3,(H,30,34)(H,31,35)/t26-,27-/m0/s1. The van der Waals surface area contributed by atoms with Gasteiger partial charge >= 0.3 is 0 Å². The lowest BCUT2D eigenvalue weighted by Crippen LogP contribution is -2.29. The van der Waals surface area contributed by atoms with Gasteiger partial charge in [-0.25, -0.2) is 0 Å². The third-order valence-corrected chi connectivity index (χ3v) is 7.66. The molecule has 2 aromatic heterocycles. The first kappa shape index (κ1) is 23.5. The third kappa shape index (κ3) is 4.57. The molecule has 1 aromatic carbocycles. The summed E-state index contributed by atoms with van der Waals surface area (Å²) in [6.07, 6.45) is 8.27. The monoisotopic (exact) mass is 487 g/mol. The van der Waals surface area contributed by atoms with E-state index in [9.17, 15) is 4.79 Å². The van der Waals surface area contributed by atoms with Crippen molar-refractivity contribution in [2.75, 3.05) is 10.2 Å². The summed E-state index contributed by atoms with van der Waals surface area (Å²) < 4.78 is 2.56. The summed E-state index contributed by atoms with van der Waals surface area (Å²) >= 11 is 5.90. The molecule has 0 unspecified atom stereocenters. The number of thiocarbonyl (C=S) groups is 1. The normalized spacial score (nSPS) is 20.7. The number of hydrogen-bond acceptors (Lipinski definition) is 3. The van der Waals surface area contributed by atoms with Crippen LogP contribution in [0, 0.1) is 13.8 Å². The molecule has 5 rings (SSSR count). The minimum absolute atomic E-state index is 0.0347. The minimum Gasteiger partial charge on any atom is -0.351 e. The number of nitrogens with zero attached hydrogens (tertiary/aromatic N) is 3. The molecular weight excluding hydrogens is 454 g/mol. The molecule has 2 atom stereocenters. The summed E-state index contributed by atoms with van der Waals surface area (Å²) in [4.78, 5) is 18.4. The Bertz CT molecular complexity index is 1210. The van der Waals surface area contributed by atoms with Gasteiger partial charge in [0.1, 0.15) is 0 Å². The maximum absolute atomic E-state index is 11.5. The number of aryl methyl sites for hydroxylation is 1. The van der Waals surface area contributed by atoms with Gasteiger partial charge in [0.25, 0.3) is 0 Å². The zero-order valence-electron chi connectivity index (χ0n) is 20.6. The molecule has 6 nitrogen and oxygen atoms in total. The van der Waals surface area contributed by atoms with E-state index in [-0.39, 0.29) is 18.0 Å². The van der Waals surface area contributed by atoms with Crippen molar-refractivity contribution in [3.8, 4) is 0 Å². The van der Waals surface area contributed by atoms with Crippen molar-refractivity contribution in [3.05, 3.63) is 77.4 Å². The number of amides is 1. The van der Waals surface area contributed by atoms with Crippen LogP contribution in [0.5, 0.6) is 0 Å². The molecule has 0 spiro atoms. The second-order valence-electron chi connectivity index (χ2n) is 9.71. The summed E-state index contributed by atoms with van der Waals surface area (Å²) in [5, 5.41) is 7.09. The van der Waals surface area contributed by atoms with Crippen LogP contribution in [0.3, 0.4) is 0 Å². The van der Waals surface area contributed by atoms with Crippen molar-refractivity contribution in [1.82, 2.24) is 14.9 Å². The van der Waals surface area contributed by atoms with Crippen LogP contribution in [-0.4, -0.2) is 20.6 Å². The molecule has 1 saturated carbocycles. The van der Waals surface area contributed by atoms with Crippen molar-refractivity contribution < 1.29 is 4.79 Å². The highest BCUT2D eigenvalue weighted by atomic mass is 32.1. The van der Waals surface area contributed by atoms with Crippen molar-refractivity contribution in [3.63, 3.8) is 0 Å². The third-order valence-electron chi connectivity index (χ3n) is 7.35. The van der Waals surface area contributed by atoms with Crippen LogP contribution in [-0.2, 0) is 4.79 Å². The zero-order valence-corrected chi connectivity index (χ0v) is 21.4. The topological polar surface area (TPSA) is 62.2 Å². The molecule has 2 fully saturated rings. The second-order valence-corrected chi connectivity index (χ2v) is 10.1. The highest BCUT2D eigenvalue weighted by molar-refractivity contribution is 7.80. The first-order valence-corrected chi connectivity index (χ1v) is 12.9. The molecule has 1 amide bonds. The average molecular weight is 488 g/mol. The number of benzene rings is 1. The Balaban J connectivity index is 1.58. The SMILES string of the molecule is CC(=O)Nc1ccc(N2C(=S)N[C@@H](c3ccccn3)[C@@H]2c2cc(C)n(C3CCCCC3)c2C)cc1. The van der Waals surface area contributed by atoms with E-state index in [1.54, 1.807) is 0 Å². The van der Waals surface area contributed by atoms with Crippen LogP contribution < -0.4 is 15.5 Å². The molecule has 0 bridgehead atoms. The zero-order chi connectivity index (χ0) is 24.5. The Morgan fingerprint density at radius 3 is 2.49 bits per heavy atom. The quantitative estimate of drug-likeness (QED) is 0.423. The maximum atomic E-state index is 11.5. The van der Waals surface area contributed by atoms with Crippen molar-refractivity contribution in [2.45, 2.75) is 71.0 Å². The molecular formula is C28H33N5OS. The van der Waals surface area contributed by atoms with Gasteiger partial charge in [0.2, 0.25) is 5.91 Å². The van der Waals surface area contributed by atoms with Gasteiger partial charge in [-0.15, -0.1) is 0 Å². The van der Waals surface area contributed by atoms with Gasteiger partial charge in [-0.1, -0.05) is 25.3 Å². The van der Waals surface area contributed by atoms with Crippen molar-refractivity contribution in [1.29, 1.82) is 0 Å². The molecule has 1 saturated heterocycles. The summed E-state index contributed by atoms with van der Waals surface area (Å²) in [6, 6.07) is 16.7. The van der Waals surface area contributed by atoms with Gasteiger partial charge in [-0.2, -0.15) is 0 Å². The Morgan fingerprint density at radius 2 is 1.83 bits per heavy atom. The van der Waals surface area contributed by atoms with E-state index in [2.05, 4.69) is 46.1 Å². The van der Waals surface area contributed by atoms with Crippen LogP contribution in [0.4, 0.5) is 11.4 Å². The summed E-state index contributed by atoms with van der Waals surface area (Å²) in [7, 11) is 0. The lowest BCUT2D eigenvalue weighted by atomic mass is 9.94. The number of carbonyl (C=O) groups is 1. The number of rotatable bonds is 5.